The van der Waals surface area contributed by atoms with Crippen molar-refractivity contribution in [3.63, 3.8) is 0 Å². The quantitative estimate of drug-likeness (QED) is 0.900. The number of hydrogen-bond acceptors (Lipinski definition) is 4. The summed E-state index contributed by atoms with van der Waals surface area (Å²) < 4.78 is 5.61. The third-order valence-corrected chi connectivity index (χ3v) is 4.08. The molecule has 0 bridgehead atoms. The summed E-state index contributed by atoms with van der Waals surface area (Å²) in [5.74, 6) is -0.645. The lowest BCUT2D eigenvalue weighted by Crippen LogP contribution is -2.44. The summed E-state index contributed by atoms with van der Waals surface area (Å²) in [6.45, 7) is 0.863. The molecule has 3 rings (SSSR count). The van der Waals surface area contributed by atoms with Crippen LogP contribution < -0.4 is 9.64 Å². The summed E-state index contributed by atoms with van der Waals surface area (Å²) >= 11 is 6.07. The van der Waals surface area contributed by atoms with Crippen LogP contribution in [0.5, 0.6) is 5.75 Å². The fraction of sp³-hybridized carbons (Fsp3) is 0.235. The van der Waals surface area contributed by atoms with E-state index in [1.54, 1.807) is 30.3 Å². The van der Waals surface area contributed by atoms with Crippen LogP contribution in [0.1, 0.15) is 11.6 Å². The van der Waals surface area contributed by atoms with Gasteiger partial charge in [-0.3, -0.25) is 0 Å². The van der Waals surface area contributed by atoms with Crippen molar-refractivity contribution in [1.29, 1.82) is 0 Å². The van der Waals surface area contributed by atoms with Crippen molar-refractivity contribution in [2.45, 2.75) is 12.1 Å². The van der Waals surface area contributed by atoms with Gasteiger partial charge >= 0.3 is 5.97 Å². The molecule has 2 aromatic rings. The normalized spacial score (nSPS) is 16.2. The highest BCUT2D eigenvalue weighted by Crippen LogP contribution is 2.39. The molecule has 1 heterocycles. The Morgan fingerprint density at radius 2 is 1.96 bits per heavy atom. The minimum atomic E-state index is -1.57. The molecule has 1 aliphatic heterocycles. The number of ether oxygens (including phenoxy) is 1. The van der Waals surface area contributed by atoms with Gasteiger partial charge in [-0.2, -0.15) is 0 Å². The molecule has 6 heteroatoms. The maximum Gasteiger partial charge on any atom is 0.335 e. The number of aliphatic carboxylic acids is 1. The number of hydrogen-bond donors (Lipinski definition) is 2. The largest absolute Gasteiger partial charge is 0.490 e. The van der Waals surface area contributed by atoms with E-state index in [2.05, 4.69) is 0 Å². The van der Waals surface area contributed by atoms with E-state index >= 15 is 0 Å². The molecule has 120 valence electrons. The number of halogens is 1. The van der Waals surface area contributed by atoms with Crippen molar-refractivity contribution < 1.29 is 19.7 Å². The number of anilines is 1. The molecular formula is C17H16ClNO4. The monoisotopic (exact) mass is 333 g/mol. The standard InChI is InChI=1S/C17H16ClNO4/c18-12-6-7-14-13(10-12)19(8-9-23-14)15(16(20)17(21)22)11-4-2-1-3-5-11/h1-7,10,15-16,20H,8-9H2,(H,21,22). The topological polar surface area (TPSA) is 70.0 Å². The van der Waals surface area contributed by atoms with Gasteiger partial charge in [-0.25, -0.2) is 4.79 Å². The van der Waals surface area contributed by atoms with Crippen molar-refractivity contribution in [1.82, 2.24) is 0 Å². The third-order valence-electron chi connectivity index (χ3n) is 3.85. The minimum Gasteiger partial charge on any atom is -0.490 e. The highest BCUT2D eigenvalue weighted by molar-refractivity contribution is 6.31. The average Bonchev–Trinajstić information content (AvgIpc) is 2.56. The lowest BCUT2D eigenvalue weighted by molar-refractivity contribution is -0.147. The number of aliphatic hydroxyl groups is 1. The molecule has 0 amide bonds. The van der Waals surface area contributed by atoms with Crippen LogP contribution in [0.4, 0.5) is 5.69 Å². The Labute approximate surface area is 138 Å². The number of aliphatic hydroxyl groups excluding tert-OH is 1. The Hall–Kier alpha value is -2.24. The van der Waals surface area contributed by atoms with E-state index in [-0.39, 0.29) is 0 Å². The Kier molecular flexibility index (Phi) is 4.41. The zero-order valence-corrected chi connectivity index (χ0v) is 13.0. The van der Waals surface area contributed by atoms with Crippen LogP contribution in [-0.4, -0.2) is 35.4 Å². The van der Waals surface area contributed by atoms with Crippen molar-refractivity contribution in [3.8, 4) is 5.75 Å². The van der Waals surface area contributed by atoms with Crippen LogP contribution in [-0.2, 0) is 4.79 Å². The van der Waals surface area contributed by atoms with Crippen LogP contribution >= 0.6 is 11.6 Å². The first-order chi connectivity index (χ1) is 11.1. The van der Waals surface area contributed by atoms with Crippen molar-refractivity contribution >= 4 is 23.3 Å². The predicted molar refractivity (Wildman–Crippen MR) is 87.1 cm³/mol. The lowest BCUT2D eigenvalue weighted by Gasteiger charge is -2.39. The molecule has 0 aromatic heterocycles. The van der Waals surface area contributed by atoms with Gasteiger partial charge in [0.1, 0.15) is 12.4 Å². The van der Waals surface area contributed by atoms with Crippen molar-refractivity contribution in [2.75, 3.05) is 18.1 Å². The van der Waals surface area contributed by atoms with E-state index in [1.807, 2.05) is 23.1 Å². The van der Waals surface area contributed by atoms with Crippen molar-refractivity contribution in [2.24, 2.45) is 0 Å². The number of benzene rings is 2. The average molecular weight is 334 g/mol. The summed E-state index contributed by atoms with van der Waals surface area (Å²) in [5, 5.41) is 20.1. The summed E-state index contributed by atoms with van der Waals surface area (Å²) in [7, 11) is 0. The smallest absolute Gasteiger partial charge is 0.335 e. The fourth-order valence-electron chi connectivity index (χ4n) is 2.82. The van der Waals surface area contributed by atoms with Gasteiger partial charge in [-0.1, -0.05) is 41.9 Å². The molecule has 0 saturated carbocycles. The van der Waals surface area contributed by atoms with Crippen LogP contribution in [0.2, 0.25) is 5.02 Å². The number of carbonyl (C=O) groups is 1. The molecule has 2 aromatic carbocycles. The van der Waals surface area contributed by atoms with E-state index in [0.717, 1.165) is 5.56 Å². The SMILES string of the molecule is O=C(O)C(O)C(c1ccccc1)N1CCOc2ccc(Cl)cc21. The first kappa shape index (κ1) is 15.6. The minimum absolute atomic E-state index is 0.407. The molecular weight excluding hydrogens is 318 g/mol. The number of carboxylic acids is 1. The van der Waals surface area contributed by atoms with Crippen LogP contribution in [0.3, 0.4) is 0 Å². The second-order valence-corrected chi connectivity index (χ2v) is 5.73. The van der Waals surface area contributed by atoms with Gasteiger partial charge in [-0.05, 0) is 23.8 Å². The van der Waals surface area contributed by atoms with Gasteiger partial charge in [0.15, 0.2) is 6.10 Å². The highest BCUT2D eigenvalue weighted by atomic mass is 35.5. The van der Waals surface area contributed by atoms with E-state index < -0.39 is 18.1 Å². The first-order valence-corrected chi connectivity index (χ1v) is 7.60. The van der Waals surface area contributed by atoms with Gasteiger partial charge in [0, 0.05) is 5.02 Å². The lowest BCUT2D eigenvalue weighted by atomic mass is 9.98. The first-order valence-electron chi connectivity index (χ1n) is 7.23. The molecule has 0 fully saturated rings. The Balaban J connectivity index is 2.08. The van der Waals surface area contributed by atoms with E-state index in [1.165, 1.54) is 0 Å². The summed E-state index contributed by atoms with van der Waals surface area (Å²) in [6, 6.07) is 13.5. The molecule has 23 heavy (non-hydrogen) atoms. The molecule has 0 radical (unpaired) electrons. The second kappa shape index (κ2) is 6.48. The zero-order valence-electron chi connectivity index (χ0n) is 12.2. The predicted octanol–water partition coefficient (Wildman–Crippen LogP) is 2.73. The number of carboxylic acid groups (broad SMARTS) is 1. The maximum atomic E-state index is 11.4. The molecule has 0 saturated heterocycles. The number of nitrogens with zero attached hydrogens (tertiary/aromatic N) is 1. The Morgan fingerprint density at radius 1 is 1.22 bits per heavy atom. The van der Waals surface area contributed by atoms with Gasteiger partial charge in [0.05, 0.1) is 18.3 Å². The van der Waals surface area contributed by atoms with Gasteiger partial charge < -0.3 is 19.8 Å². The Bertz CT molecular complexity index is 707. The van der Waals surface area contributed by atoms with E-state index in [9.17, 15) is 15.0 Å². The molecule has 5 nitrogen and oxygen atoms in total. The van der Waals surface area contributed by atoms with Crippen LogP contribution in [0.25, 0.3) is 0 Å². The van der Waals surface area contributed by atoms with Gasteiger partial charge in [0.2, 0.25) is 0 Å². The molecule has 0 spiro atoms. The van der Waals surface area contributed by atoms with Crippen LogP contribution in [0, 0.1) is 0 Å². The summed E-state index contributed by atoms with van der Waals surface area (Å²) in [6.07, 6.45) is -1.57. The van der Waals surface area contributed by atoms with Crippen LogP contribution in [0.15, 0.2) is 48.5 Å². The van der Waals surface area contributed by atoms with Gasteiger partial charge in [0.25, 0.3) is 0 Å². The maximum absolute atomic E-state index is 11.4. The Morgan fingerprint density at radius 3 is 2.65 bits per heavy atom. The number of rotatable bonds is 4. The number of fused-ring (bicyclic) bond motifs is 1. The molecule has 2 atom stereocenters. The van der Waals surface area contributed by atoms with E-state index in [4.69, 9.17) is 16.3 Å². The third kappa shape index (κ3) is 3.11. The van der Waals surface area contributed by atoms with Crippen molar-refractivity contribution in [3.05, 3.63) is 59.1 Å². The fourth-order valence-corrected chi connectivity index (χ4v) is 2.98. The summed E-state index contributed by atoms with van der Waals surface area (Å²) in [5.41, 5.74) is 1.40. The van der Waals surface area contributed by atoms with E-state index in [0.29, 0.717) is 29.6 Å². The molecule has 1 aliphatic rings. The molecule has 0 aliphatic carbocycles. The highest BCUT2D eigenvalue weighted by Gasteiger charge is 2.35. The van der Waals surface area contributed by atoms with Gasteiger partial charge in [-0.15, -0.1) is 0 Å². The molecule has 2 unspecified atom stereocenters. The zero-order chi connectivity index (χ0) is 16.4. The second-order valence-electron chi connectivity index (χ2n) is 5.29. The summed E-state index contributed by atoms with van der Waals surface area (Å²) in [4.78, 5) is 13.2. The molecule has 2 N–H and O–H groups in total.